The Morgan fingerprint density at radius 3 is 2.60 bits per heavy atom. The van der Waals surface area contributed by atoms with E-state index in [2.05, 4.69) is 14.9 Å². The second kappa shape index (κ2) is 3.38. The number of nitrogens with zero attached hydrogens (tertiary/aromatic N) is 3. The molecule has 1 aliphatic carbocycles. The van der Waals surface area contributed by atoms with Crippen LogP contribution in [0.3, 0.4) is 0 Å². The lowest BCUT2D eigenvalue weighted by molar-refractivity contribution is 0.451. The summed E-state index contributed by atoms with van der Waals surface area (Å²) in [6, 6.07) is 0. The monoisotopic (exact) mass is 204 g/mol. The average Bonchev–Trinajstić information content (AvgIpc) is 2.87. The Morgan fingerprint density at radius 1 is 1.33 bits per heavy atom. The second-order valence-electron chi connectivity index (χ2n) is 4.10. The summed E-state index contributed by atoms with van der Waals surface area (Å²) in [5.41, 5.74) is 0. The minimum atomic E-state index is 0.450. The van der Waals surface area contributed by atoms with Crippen molar-refractivity contribution in [3.63, 3.8) is 0 Å². The van der Waals surface area contributed by atoms with Crippen LogP contribution in [0.5, 0.6) is 5.75 Å². The smallest absolute Gasteiger partial charge is 0.535 e. The molecule has 0 bridgehead atoms. The third-order valence-corrected chi connectivity index (χ3v) is 3.06. The summed E-state index contributed by atoms with van der Waals surface area (Å²) in [4.78, 5) is 10.6. The molecular weight excluding hydrogens is 193 g/mol. The largest absolute Gasteiger partial charge is 0.569 e. The van der Waals surface area contributed by atoms with Crippen molar-refractivity contribution in [3.8, 4) is 5.75 Å². The molecule has 1 aliphatic heterocycles. The number of anilines is 1. The molecule has 2 unspecified atom stereocenters. The number of piperidine rings is 1. The molecule has 5 nitrogen and oxygen atoms in total. The fraction of sp³-hybridized carbons (Fsp3) is 0.556. The molecular formula is C9H11BN3O2. The molecule has 15 heavy (non-hydrogen) atoms. The summed E-state index contributed by atoms with van der Waals surface area (Å²) in [6.07, 6.45) is 4.51. The topological polar surface area (TPSA) is 58.5 Å². The molecule has 1 N–H and O–H groups in total. The molecule has 2 heterocycles. The molecule has 1 radical (unpaired) electrons. The number of fused-ring (bicyclic) bond motifs is 1. The molecule has 0 amide bonds. The molecule has 6 heteroatoms. The van der Waals surface area contributed by atoms with E-state index in [9.17, 15) is 0 Å². The Morgan fingerprint density at radius 2 is 2.00 bits per heavy atom. The van der Waals surface area contributed by atoms with E-state index in [1.807, 2.05) is 0 Å². The Hall–Kier alpha value is -1.30. The highest BCUT2D eigenvalue weighted by Gasteiger charge is 2.45. The van der Waals surface area contributed by atoms with Crippen molar-refractivity contribution in [1.29, 1.82) is 0 Å². The Bertz CT molecular complexity index is 349. The normalized spacial score (nSPS) is 27.4. The summed E-state index contributed by atoms with van der Waals surface area (Å²) >= 11 is 0. The van der Waals surface area contributed by atoms with E-state index in [4.69, 9.17) is 9.68 Å². The second-order valence-corrected chi connectivity index (χ2v) is 4.10. The highest BCUT2D eigenvalue weighted by molar-refractivity contribution is 6.17. The third-order valence-electron chi connectivity index (χ3n) is 3.06. The standard InChI is InChI=1S/C9H11BN3O2/c14-10-15-8-2-11-9(12-3-8)13-4-6-1-7(6)5-13/h2-3,6-7,14H,1,4-5H2. The van der Waals surface area contributed by atoms with Crippen LogP contribution >= 0.6 is 0 Å². The first-order valence-electron chi connectivity index (χ1n) is 5.06. The minimum Gasteiger partial charge on any atom is -0.535 e. The predicted molar refractivity (Wildman–Crippen MR) is 54.4 cm³/mol. The number of rotatable bonds is 3. The Balaban J connectivity index is 1.70. The zero-order valence-corrected chi connectivity index (χ0v) is 8.21. The van der Waals surface area contributed by atoms with Crippen molar-refractivity contribution in [2.24, 2.45) is 11.8 Å². The summed E-state index contributed by atoms with van der Waals surface area (Å²) in [7, 11) is 0.628. The molecule has 0 spiro atoms. The van der Waals surface area contributed by atoms with E-state index in [-0.39, 0.29) is 0 Å². The van der Waals surface area contributed by atoms with Crippen LogP contribution in [0.4, 0.5) is 5.95 Å². The lowest BCUT2D eigenvalue weighted by Gasteiger charge is -2.17. The fourth-order valence-electron chi connectivity index (χ4n) is 2.16. The SMILES string of the molecule is O[B]Oc1cnc(N2CC3CC3C2)nc1. The van der Waals surface area contributed by atoms with Gasteiger partial charge in [0.1, 0.15) is 5.75 Å². The van der Waals surface area contributed by atoms with E-state index in [1.165, 1.54) is 6.42 Å². The maximum absolute atomic E-state index is 8.43. The van der Waals surface area contributed by atoms with E-state index < -0.39 is 0 Å². The van der Waals surface area contributed by atoms with E-state index in [0.29, 0.717) is 13.4 Å². The molecule has 1 saturated carbocycles. The van der Waals surface area contributed by atoms with Crippen molar-refractivity contribution in [3.05, 3.63) is 12.4 Å². The van der Waals surface area contributed by atoms with Crippen molar-refractivity contribution in [1.82, 2.24) is 9.97 Å². The van der Waals surface area contributed by atoms with Gasteiger partial charge in [0.15, 0.2) is 0 Å². The van der Waals surface area contributed by atoms with Crippen molar-refractivity contribution in [2.75, 3.05) is 18.0 Å². The van der Waals surface area contributed by atoms with Gasteiger partial charge in [0.25, 0.3) is 0 Å². The first-order chi connectivity index (χ1) is 7.36. The molecule has 0 aromatic carbocycles. The molecule has 1 aromatic heterocycles. The van der Waals surface area contributed by atoms with Crippen LogP contribution in [0.1, 0.15) is 6.42 Å². The van der Waals surface area contributed by atoms with Crippen molar-refractivity contribution in [2.45, 2.75) is 6.42 Å². The van der Waals surface area contributed by atoms with Crippen LogP contribution in [0, 0.1) is 11.8 Å². The summed E-state index contributed by atoms with van der Waals surface area (Å²) < 4.78 is 4.74. The van der Waals surface area contributed by atoms with Gasteiger partial charge in [-0.25, -0.2) is 9.97 Å². The average molecular weight is 204 g/mol. The predicted octanol–water partition coefficient (Wildman–Crippen LogP) is -0.162. The zero-order chi connectivity index (χ0) is 10.3. The molecule has 2 aliphatic rings. The maximum Gasteiger partial charge on any atom is 0.569 e. The van der Waals surface area contributed by atoms with Crippen LogP contribution in [-0.2, 0) is 0 Å². The Kier molecular flexibility index (Phi) is 2.02. The number of hydrogen-bond acceptors (Lipinski definition) is 5. The number of hydrogen-bond donors (Lipinski definition) is 1. The molecule has 2 atom stereocenters. The lowest BCUT2D eigenvalue weighted by Crippen LogP contribution is -2.23. The molecule has 3 rings (SSSR count). The van der Waals surface area contributed by atoms with Gasteiger partial charge in [-0.15, -0.1) is 0 Å². The van der Waals surface area contributed by atoms with E-state index in [1.54, 1.807) is 12.4 Å². The van der Waals surface area contributed by atoms with Gasteiger partial charge in [0.2, 0.25) is 5.95 Å². The quantitative estimate of drug-likeness (QED) is 0.693. The minimum absolute atomic E-state index is 0.450. The van der Waals surface area contributed by atoms with Gasteiger partial charge < -0.3 is 14.6 Å². The number of aromatic nitrogens is 2. The van der Waals surface area contributed by atoms with Crippen LogP contribution in [0.2, 0.25) is 0 Å². The molecule has 1 aromatic rings. The van der Waals surface area contributed by atoms with Gasteiger partial charge in [-0.1, -0.05) is 0 Å². The highest BCUT2D eigenvalue weighted by atomic mass is 16.5. The third kappa shape index (κ3) is 1.65. The van der Waals surface area contributed by atoms with Gasteiger partial charge >= 0.3 is 7.69 Å². The van der Waals surface area contributed by atoms with Gasteiger partial charge in [0.05, 0.1) is 12.4 Å². The molecule has 1 saturated heterocycles. The van der Waals surface area contributed by atoms with Crippen LogP contribution < -0.4 is 9.55 Å². The maximum atomic E-state index is 8.43. The van der Waals surface area contributed by atoms with Gasteiger partial charge in [-0.3, -0.25) is 0 Å². The van der Waals surface area contributed by atoms with Gasteiger partial charge in [-0.05, 0) is 18.3 Å². The van der Waals surface area contributed by atoms with Crippen molar-refractivity contribution < 1.29 is 9.68 Å². The Labute approximate surface area is 88.4 Å². The van der Waals surface area contributed by atoms with Crippen molar-refractivity contribution >= 4 is 13.6 Å². The summed E-state index contributed by atoms with van der Waals surface area (Å²) in [5, 5.41) is 8.43. The van der Waals surface area contributed by atoms with Gasteiger partial charge in [-0.2, -0.15) is 0 Å². The summed E-state index contributed by atoms with van der Waals surface area (Å²) in [6.45, 7) is 2.16. The zero-order valence-electron chi connectivity index (χ0n) is 8.21. The summed E-state index contributed by atoms with van der Waals surface area (Å²) in [5.74, 6) is 2.95. The van der Waals surface area contributed by atoms with Crippen LogP contribution in [0.15, 0.2) is 12.4 Å². The van der Waals surface area contributed by atoms with Crippen LogP contribution in [-0.4, -0.2) is 35.8 Å². The van der Waals surface area contributed by atoms with E-state index in [0.717, 1.165) is 30.9 Å². The first kappa shape index (κ1) is 8.97. The van der Waals surface area contributed by atoms with E-state index >= 15 is 0 Å². The lowest BCUT2D eigenvalue weighted by atomic mass is 10.4. The molecule has 2 fully saturated rings. The van der Waals surface area contributed by atoms with Gasteiger partial charge in [0, 0.05) is 13.1 Å². The molecule has 77 valence electrons. The fourth-order valence-corrected chi connectivity index (χ4v) is 2.16. The van der Waals surface area contributed by atoms with Crippen LogP contribution in [0.25, 0.3) is 0 Å². The highest BCUT2D eigenvalue weighted by Crippen LogP contribution is 2.45. The first-order valence-corrected chi connectivity index (χ1v) is 5.06.